The van der Waals surface area contributed by atoms with Gasteiger partial charge in [-0.2, -0.15) is 0 Å². The molecule has 0 bridgehead atoms. The summed E-state index contributed by atoms with van der Waals surface area (Å²) in [4.78, 5) is 16.2. The molecule has 18 heavy (non-hydrogen) atoms. The molecule has 1 fully saturated rings. The summed E-state index contributed by atoms with van der Waals surface area (Å²) in [5.74, 6) is 0.625. The molecule has 5 nitrogen and oxygen atoms in total. The maximum Gasteiger partial charge on any atom is 0.251 e. The van der Waals surface area contributed by atoms with Gasteiger partial charge in [-0.15, -0.1) is 0 Å². The van der Waals surface area contributed by atoms with Crippen molar-refractivity contribution in [1.29, 1.82) is 0 Å². The third-order valence-corrected chi connectivity index (χ3v) is 3.35. The number of carbonyl (C=O) groups is 1. The molecule has 1 aromatic rings. The molecule has 1 aromatic heterocycles. The maximum absolute atomic E-state index is 12.1. The van der Waals surface area contributed by atoms with E-state index in [-0.39, 0.29) is 18.1 Å². The van der Waals surface area contributed by atoms with Crippen molar-refractivity contribution in [3.63, 3.8) is 0 Å². The van der Waals surface area contributed by atoms with Crippen LogP contribution in [0.4, 0.5) is 5.82 Å². The standard InChI is InChI=1S/C13H19N3O2/c1-14-12-8-9(6-7-15-12)13(17)16-10-4-3-5-11(10)18-2/h6-8,10-11H,3-5H2,1-2H3,(H,14,15)(H,16,17). The van der Waals surface area contributed by atoms with E-state index in [0.717, 1.165) is 19.3 Å². The van der Waals surface area contributed by atoms with Gasteiger partial charge in [0.15, 0.2) is 0 Å². The highest BCUT2D eigenvalue weighted by Crippen LogP contribution is 2.21. The van der Waals surface area contributed by atoms with Crippen LogP contribution in [0, 0.1) is 0 Å². The van der Waals surface area contributed by atoms with Crippen LogP contribution in [0.2, 0.25) is 0 Å². The van der Waals surface area contributed by atoms with Crippen molar-refractivity contribution in [3.05, 3.63) is 23.9 Å². The van der Waals surface area contributed by atoms with Crippen LogP contribution in [0.15, 0.2) is 18.3 Å². The van der Waals surface area contributed by atoms with Crippen LogP contribution in [0.3, 0.4) is 0 Å². The zero-order chi connectivity index (χ0) is 13.0. The molecular weight excluding hydrogens is 230 g/mol. The number of aromatic nitrogens is 1. The van der Waals surface area contributed by atoms with Gasteiger partial charge in [-0.25, -0.2) is 4.98 Å². The first-order valence-electron chi connectivity index (χ1n) is 6.22. The number of ether oxygens (including phenoxy) is 1. The molecule has 98 valence electrons. The van der Waals surface area contributed by atoms with Crippen molar-refractivity contribution in [2.75, 3.05) is 19.5 Å². The molecule has 0 aromatic carbocycles. The number of anilines is 1. The van der Waals surface area contributed by atoms with Gasteiger partial charge in [-0.1, -0.05) is 0 Å². The summed E-state index contributed by atoms with van der Waals surface area (Å²) in [5.41, 5.74) is 0.621. The van der Waals surface area contributed by atoms with E-state index in [1.165, 1.54) is 0 Å². The molecule has 0 radical (unpaired) electrons. The van der Waals surface area contributed by atoms with Crippen LogP contribution in [0.25, 0.3) is 0 Å². The molecule has 1 heterocycles. The predicted octanol–water partition coefficient (Wildman–Crippen LogP) is 1.42. The second-order valence-corrected chi connectivity index (χ2v) is 4.46. The molecule has 1 aliphatic rings. The third kappa shape index (κ3) is 2.79. The number of carbonyl (C=O) groups excluding carboxylic acids is 1. The van der Waals surface area contributed by atoms with E-state index in [9.17, 15) is 4.79 Å². The first-order valence-corrected chi connectivity index (χ1v) is 6.22. The Bertz CT molecular complexity index is 422. The third-order valence-electron chi connectivity index (χ3n) is 3.35. The van der Waals surface area contributed by atoms with E-state index >= 15 is 0 Å². The molecule has 1 aliphatic carbocycles. The van der Waals surface area contributed by atoms with E-state index in [0.29, 0.717) is 11.4 Å². The average Bonchev–Trinajstić information content (AvgIpc) is 2.86. The van der Waals surface area contributed by atoms with Crippen LogP contribution in [-0.4, -0.2) is 37.2 Å². The van der Waals surface area contributed by atoms with Crippen molar-refractivity contribution < 1.29 is 9.53 Å². The number of amides is 1. The summed E-state index contributed by atoms with van der Waals surface area (Å²) in [5, 5.41) is 5.95. The first-order chi connectivity index (χ1) is 8.74. The predicted molar refractivity (Wildman–Crippen MR) is 69.7 cm³/mol. The quantitative estimate of drug-likeness (QED) is 0.847. The lowest BCUT2D eigenvalue weighted by Gasteiger charge is -2.19. The van der Waals surface area contributed by atoms with E-state index in [1.54, 1.807) is 32.5 Å². The second-order valence-electron chi connectivity index (χ2n) is 4.46. The van der Waals surface area contributed by atoms with E-state index in [2.05, 4.69) is 15.6 Å². The Morgan fingerprint density at radius 1 is 1.50 bits per heavy atom. The average molecular weight is 249 g/mol. The van der Waals surface area contributed by atoms with Crippen molar-refractivity contribution >= 4 is 11.7 Å². The lowest BCUT2D eigenvalue weighted by Crippen LogP contribution is -2.40. The summed E-state index contributed by atoms with van der Waals surface area (Å²) in [6.07, 6.45) is 4.86. The fraction of sp³-hybridized carbons (Fsp3) is 0.538. The molecule has 0 saturated heterocycles. The number of nitrogens with zero attached hydrogens (tertiary/aromatic N) is 1. The van der Waals surface area contributed by atoms with Crippen LogP contribution in [0.5, 0.6) is 0 Å². The summed E-state index contributed by atoms with van der Waals surface area (Å²) in [7, 11) is 3.47. The molecule has 2 unspecified atom stereocenters. The lowest BCUT2D eigenvalue weighted by atomic mass is 10.2. The molecule has 1 saturated carbocycles. The number of hydrogen-bond acceptors (Lipinski definition) is 4. The number of hydrogen-bond donors (Lipinski definition) is 2. The monoisotopic (exact) mass is 249 g/mol. The normalized spacial score (nSPS) is 22.8. The maximum atomic E-state index is 12.1. The zero-order valence-corrected chi connectivity index (χ0v) is 10.8. The molecule has 5 heteroatoms. The van der Waals surface area contributed by atoms with Gasteiger partial charge in [0.05, 0.1) is 12.1 Å². The van der Waals surface area contributed by atoms with Crippen LogP contribution >= 0.6 is 0 Å². The van der Waals surface area contributed by atoms with Gasteiger partial charge in [0.25, 0.3) is 5.91 Å². The Hall–Kier alpha value is -1.62. The van der Waals surface area contributed by atoms with Crippen LogP contribution in [0.1, 0.15) is 29.6 Å². The molecule has 2 rings (SSSR count). The smallest absolute Gasteiger partial charge is 0.251 e. The minimum absolute atomic E-state index is 0.0668. The fourth-order valence-electron chi connectivity index (χ4n) is 2.33. The molecule has 2 atom stereocenters. The van der Waals surface area contributed by atoms with Gasteiger partial charge in [0.2, 0.25) is 0 Å². The molecule has 0 spiro atoms. The largest absolute Gasteiger partial charge is 0.379 e. The Morgan fingerprint density at radius 3 is 3.06 bits per heavy atom. The zero-order valence-electron chi connectivity index (χ0n) is 10.8. The summed E-state index contributed by atoms with van der Waals surface area (Å²) in [6, 6.07) is 3.58. The Balaban J connectivity index is 2.02. The van der Waals surface area contributed by atoms with E-state index < -0.39 is 0 Å². The van der Waals surface area contributed by atoms with E-state index in [4.69, 9.17) is 4.74 Å². The lowest BCUT2D eigenvalue weighted by molar-refractivity contribution is 0.0722. The number of pyridine rings is 1. The number of methoxy groups -OCH3 is 1. The Morgan fingerprint density at radius 2 is 2.33 bits per heavy atom. The Kier molecular flexibility index (Phi) is 4.15. The number of nitrogens with one attached hydrogen (secondary N) is 2. The van der Waals surface area contributed by atoms with Crippen LogP contribution in [-0.2, 0) is 4.74 Å². The molecule has 2 N–H and O–H groups in total. The van der Waals surface area contributed by atoms with Gasteiger partial charge >= 0.3 is 0 Å². The van der Waals surface area contributed by atoms with Crippen molar-refractivity contribution in [1.82, 2.24) is 10.3 Å². The van der Waals surface area contributed by atoms with Gasteiger partial charge in [0, 0.05) is 25.9 Å². The summed E-state index contributed by atoms with van der Waals surface area (Å²) < 4.78 is 5.37. The molecule has 1 amide bonds. The molecular formula is C13H19N3O2. The minimum Gasteiger partial charge on any atom is -0.379 e. The summed E-state index contributed by atoms with van der Waals surface area (Å²) >= 11 is 0. The van der Waals surface area contributed by atoms with Gasteiger partial charge in [-0.05, 0) is 31.4 Å². The highest BCUT2D eigenvalue weighted by atomic mass is 16.5. The SMILES string of the molecule is CNc1cc(C(=O)NC2CCCC2OC)ccn1. The highest BCUT2D eigenvalue weighted by Gasteiger charge is 2.28. The van der Waals surface area contributed by atoms with Gasteiger partial charge < -0.3 is 15.4 Å². The topological polar surface area (TPSA) is 63.2 Å². The van der Waals surface area contributed by atoms with Crippen molar-refractivity contribution in [3.8, 4) is 0 Å². The number of rotatable bonds is 4. The van der Waals surface area contributed by atoms with Crippen LogP contribution < -0.4 is 10.6 Å². The highest BCUT2D eigenvalue weighted by molar-refractivity contribution is 5.95. The van der Waals surface area contributed by atoms with Gasteiger partial charge in [0.1, 0.15) is 5.82 Å². The van der Waals surface area contributed by atoms with Gasteiger partial charge in [-0.3, -0.25) is 4.79 Å². The Labute approximate surface area is 107 Å². The summed E-state index contributed by atoms with van der Waals surface area (Å²) in [6.45, 7) is 0. The first kappa shape index (κ1) is 12.8. The fourth-order valence-corrected chi connectivity index (χ4v) is 2.33. The van der Waals surface area contributed by atoms with Crippen molar-refractivity contribution in [2.24, 2.45) is 0 Å². The minimum atomic E-state index is -0.0668. The van der Waals surface area contributed by atoms with E-state index in [1.807, 2.05) is 0 Å². The second kappa shape index (κ2) is 5.82. The van der Waals surface area contributed by atoms with Crippen molar-refractivity contribution in [2.45, 2.75) is 31.4 Å². The molecule has 0 aliphatic heterocycles.